The summed E-state index contributed by atoms with van der Waals surface area (Å²) in [5.74, 6) is 1.55. The molecule has 0 atom stereocenters. The van der Waals surface area contributed by atoms with Gasteiger partial charge in [-0.1, -0.05) is 17.3 Å². The lowest BCUT2D eigenvalue weighted by Gasteiger charge is -2.09. The fraction of sp³-hybridized carbons (Fsp3) is 0.263. The standard InChI is InChI=1S/C19H21N3O4S/c1-13-4-5-14(2)17(12-13)27(23,24)20-11-10-18-21-19(22-26-18)15-6-8-16(25-3)9-7-15/h4-9,12,20H,10-11H2,1-3H3. The van der Waals surface area contributed by atoms with Crippen molar-refractivity contribution in [1.29, 1.82) is 0 Å². The molecule has 0 unspecified atom stereocenters. The third-order valence-corrected chi connectivity index (χ3v) is 5.68. The molecule has 0 aliphatic heterocycles. The monoisotopic (exact) mass is 387 g/mol. The van der Waals surface area contributed by atoms with E-state index in [0.717, 1.165) is 16.9 Å². The van der Waals surface area contributed by atoms with E-state index in [1.807, 2.05) is 37.3 Å². The van der Waals surface area contributed by atoms with E-state index in [-0.39, 0.29) is 11.4 Å². The SMILES string of the molecule is COc1ccc(-c2noc(CCNS(=O)(=O)c3cc(C)ccc3C)n2)cc1. The van der Waals surface area contributed by atoms with Gasteiger partial charge in [0.25, 0.3) is 0 Å². The summed E-state index contributed by atoms with van der Waals surface area (Å²) in [6, 6.07) is 12.6. The predicted molar refractivity (Wildman–Crippen MR) is 101 cm³/mol. The van der Waals surface area contributed by atoms with Crippen LogP contribution < -0.4 is 9.46 Å². The van der Waals surface area contributed by atoms with E-state index in [0.29, 0.717) is 23.7 Å². The molecule has 0 amide bonds. The van der Waals surface area contributed by atoms with Crippen molar-refractivity contribution in [2.75, 3.05) is 13.7 Å². The predicted octanol–water partition coefficient (Wildman–Crippen LogP) is 2.88. The molecule has 1 N–H and O–H groups in total. The van der Waals surface area contributed by atoms with Gasteiger partial charge in [-0.05, 0) is 55.3 Å². The Kier molecular flexibility index (Phi) is 5.57. The summed E-state index contributed by atoms with van der Waals surface area (Å²) in [4.78, 5) is 4.59. The van der Waals surface area contributed by atoms with Gasteiger partial charge in [0.2, 0.25) is 21.7 Å². The molecule has 142 valence electrons. The van der Waals surface area contributed by atoms with Crippen LogP contribution in [-0.2, 0) is 16.4 Å². The van der Waals surface area contributed by atoms with Crippen LogP contribution in [0.3, 0.4) is 0 Å². The van der Waals surface area contributed by atoms with Gasteiger partial charge in [0, 0.05) is 18.5 Å². The molecule has 1 aromatic heterocycles. The Morgan fingerprint density at radius 2 is 1.85 bits per heavy atom. The number of ether oxygens (including phenoxy) is 1. The topological polar surface area (TPSA) is 94.3 Å². The van der Waals surface area contributed by atoms with Crippen LogP contribution in [0.15, 0.2) is 51.9 Å². The average molecular weight is 387 g/mol. The Morgan fingerprint density at radius 1 is 1.11 bits per heavy atom. The van der Waals surface area contributed by atoms with Crippen molar-refractivity contribution >= 4 is 10.0 Å². The average Bonchev–Trinajstić information content (AvgIpc) is 3.12. The molecule has 0 saturated heterocycles. The molecule has 0 fully saturated rings. The summed E-state index contributed by atoms with van der Waals surface area (Å²) < 4.78 is 37.9. The van der Waals surface area contributed by atoms with Crippen molar-refractivity contribution in [3.8, 4) is 17.1 Å². The van der Waals surface area contributed by atoms with Crippen LogP contribution in [-0.4, -0.2) is 32.2 Å². The number of methoxy groups -OCH3 is 1. The Morgan fingerprint density at radius 3 is 2.56 bits per heavy atom. The lowest BCUT2D eigenvalue weighted by molar-refractivity contribution is 0.379. The van der Waals surface area contributed by atoms with Crippen LogP contribution in [0.5, 0.6) is 5.75 Å². The van der Waals surface area contributed by atoms with E-state index in [2.05, 4.69) is 14.9 Å². The summed E-state index contributed by atoms with van der Waals surface area (Å²) in [6.45, 7) is 3.80. The summed E-state index contributed by atoms with van der Waals surface area (Å²) in [6.07, 6.45) is 0.299. The Hall–Kier alpha value is -2.71. The van der Waals surface area contributed by atoms with Crippen LogP contribution in [0.4, 0.5) is 0 Å². The van der Waals surface area contributed by atoms with Crippen molar-refractivity contribution in [3.63, 3.8) is 0 Å². The first kappa shape index (κ1) is 19.1. The molecular weight excluding hydrogens is 366 g/mol. The highest BCUT2D eigenvalue weighted by atomic mass is 32.2. The van der Waals surface area contributed by atoms with E-state index in [1.54, 1.807) is 26.2 Å². The minimum Gasteiger partial charge on any atom is -0.497 e. The third kappa shape index (κ3) is 4.53. The fourth-order valence-electron chi connectivity index (χ4n) is 2.58. The van der Waals surface area contributed by atoms with Gasteiger partial charge in [-0.2, -0.15) is 4.98 Å². The lowest BCUT2D eigenvalue weighted by Crippen LogP contribution is -2.26. The number of nitrogens with zero attached hydrogens (tertiary/aromatic N) is 2. The number of hydrogen-bond donors (Lipinski definition) is 1. The van der Waals surface area contributed by atoms with Crippen molar-refractivity contribution < 1.29 is 17.7 Å². The smallest absolute Gasteiger partial charge is 0.240 e. The molecule has 0 aliphatic rings. The van der Waals surface area contributed by atoms with E-state index >= 15 is 0 Å². The van der Waals surface area contributed by atoms with Gasteiger partial charge < -0.3 is 9.26 Å². The number of aryl methyl sites for hydroxylation is 2. The molecule has 0 radical (unpaired) electrons. The number of aromatic nitrogens is 2. The van der Waals surface area contributed by atoms with Gasteiger partial charge in [0.1, 0.15) is 5.75 Å². The van der Waals surface area contributed by atoms with Crippen LogP contribution >= 0.6 is 0 Å². The zero-order valence-corrected chi connectivity index (χ0v) is 16.2. The van der Waals surface area contributed by atoms with E-state index in [1.165, 1.54) is 0 Å². The quantitative estimate of drug-likeness (QED) is 0.670. The van der Waals surface area contributed by atoms with Crippen LogP contribution in [0.2, 0.25) is 0 Å². The normalized spacial score (nSPS) is 11.5. The summed E-state index contributed by atoms with van der Waals surface area (Å²) in [5, 5.41) is 3.94. The van der Waals surface area contributed by atoms with Crippen molar-refractivity contribution in [2.45, 2.75) is 25.2 Å². The second-order valence-corrected chi connectivity index (χ2v) is 7.89. The second-order valence-electron chi connectivity index (χ2n) is 6.16. The highest BCUT2D eigenvalue weighted by Crippen LogP contribution is 2.20. The summed E-state index contributed by atoms with van der Waals surface area (Å²) in [7, 11) is -1.99. The van der Waals surface area contributed by atoms with Crippen LogP contribution in [0.25, 0.3) is 11.4 Å². The first-order valence-corrected chi connectivity index (χ1v) is 9.91. The van der Waals surface area contributed by atoms with E-state index in [9.17, 15) is 8.42 Å². The highest BCUT2D eigenvalue weighted by Gasteiger charge is 2.17. The minimum atomic E-state index is -3.59. The van der Waals surface area contributed by atoms with Crippen molar-refractivity contribution in [2.24, 2.45) is 0 Å². The fourth-order valence-corrected chi connectivity index (χ4v) is 3.94. The van der Waals surface area contributed by atoms with Crippen LogP contribution in [0.1, 0.15) is 17.0 Å². The molecule has 8 heteroatoms. The maximum absolute atomic E-state index is 12.5. The number of hydrogen-bond acceptors (Lipinski definition) is 6. The molecule has 3 aromatic rings. The Bertz CT molecular complexity index is 1030. The molecule has 1 heterocycles. The molecule has 2 aromatic carbocycles. The van der Waals surface area contributed by atoms with Gasteiger partial charge in [-0.15, -0.1) is 0 Å². The molecule has 0 bridgehead atoms. The highest BCUT2D eigenvalue weighted by molar-refractivity contribution is 7.89. The Labute approximate surface area is 158 Å². The van der Waals surface area contributed by atoms with Gasteiger partial charge in [-0.3, -0.25) is 0 Å². The number of sulfonamides is 1. The largest absolute Gasteiger partial charge is 0.497 e. The summed E-state index contributed by atoms with van der Waals surface area (Å²) in [5.41, 5.74) is 2.39. The maximum atomic E-state index is 12.5. The zero-order chi connectivity index (χ0) is 19.4. The molecule has 0 aliphatic carbocycles. The van der Waals surface area contributed by atoms with Gasteiger partial charge in [0.05, 0.1) is 12.0 Å². The van der Waals surface area contributed by atoms with Crippen molar-refractivity contribution in [1.82, 2.24) is 14.9 Å². The number of nitrogens with one attached hydrogen (secondary N) is 1. The molecular formula is C19H21N3O4S. The number of rotatable bonds is 7. The summed E-state index contributed by atoms with van der Waals surface area (Å²) >= 11 is 0. The third-order valence-electron chi connectivity index (χ3n) is 4.08. The molecule has 7 nitrogen and oxygen atoms in total. The zero-order valence-electron chi connectivity index (χ0n) is 15.4. The second kappa shape index (κ2) is 7.89. The maximum Gasteiger partial charge on any atom is 0.240 e. The Balaban J connectivity index is 1.64. The molecule has 27 heavy (non-hydrogen) atoms. The molecule has 0 saturated carbocycles. The lowest BCUT2D eigenvalue weighted by atomic mass is 10.2. The van der Waals surface area contributed by atoms with E-state index < -0.39 is 10.0 Å². The first-order chi connectivity index (χ1) is 12.9. The first-order valence-electron chi connectivity index (χ1n) is 8.43. The number of benzene rings is 2. The van der Waals surface area contributed by atoms with Crippen LogP contribution in [0, 0.1) is 13.8 Å². The van der Waals surface area contributed by atoms with Gasteiger partial charge >= 0.3 is 0 Å². The molecule has 0 spiro atoms. The van der Waals surface area contributed by atoms with E-state index in [4.69, 9.17) is 9.26 Å². The van der Waals surface area contributed by atoms with Crippen molar-refractivity contribution in [3.05, 3.63) is 59.5 Å². The minimum absolute atomic E-state index is 0.167. The van der Waals surface area contributed by atoms with Gasteiger partial charge in [0.15, 0.2) is 0 Å². The molecule has 3 rings (SSSR count). The van der Waals surface area contributed by atoms with Gasteiger partial charge in [-0.25, -0.2) is 13.1 Å².